The SMILES string of the molecule is C1=C2NCC(C1)N2. The van der Waals surface area contributed by atoms with Crippen molar-refractivity contribution in [2.24, 2.45) is 0 Å². The first-order chi connectivity index (χ1) is 3.45. The quantitative estimate of drug-likeness (QED) is 0.436. The second kappa shape index (κ2) is 0.941. The predicted octanol–water partition coefficient (Wildman–Crippen LogP) is -0.207. The van der Waals surface area contributed by atoms with Gasteiger partial charge in [0.15, 0.2) is 0 Å². The van der Waals surface area contributed by atoms with Crippen molar-refractivity contribution in [2.45, 2.75) is 12.5 Å². The molecule has 2 heterocycles. The van der Waals surface area contributed by atoms with Gasteiger partial charge in [-0.05, 0) is 12.5 Å². The van der Waals surface area contributed by atoms with Crippen molar-refractivity contribution in [1.82, 2.24) is 10.6 Å². The molecule has 0 radical (unpaired) electrons. The van der Waals surface area contributed by atoms with E-state index in [-0.39, 0.29) is 0 Å². The fourth-order valence-electron chi connectivity index (χ4n) is 1.09. The maximum Gasteiger partial charge on any atom is 0.0949 e. The third-order valence-corrected chi connectivity index (χ3v) is 1.51. The summed E-state index contributed by atoms with van der Waals surface area (Å²) in [5.41, 5.74) is 0. The number of rotatable bonds is 0. The molecule has 38 valence electrons. The fourth-order valence-corrected chi connectivity index (χ4v) is 1.09. The average Bonchev–Trinajstić information content (AvgIpc) is 2.22. The largest absolute Gasteiger partial charge is 0.370 e. The van der Waals surface area contributed by atoms with E-state index >= 15 is 0 Å². The molecule has 2 rings (SSSR count). The van der Waals surface area contributed by atoms with Crippen molar-refractivity contribution >= 4 is 0 Å². The second-order valence-corrected chi connectivity index (χ2v) is 2.08. The molecule has 1 atom stereocenters. The molecule has 0 aromatic rings. The van der Waals surface area contributed by atoms with Crippen LogP contribution in [0.2, 0.25) is 0 Å². The van der Waals surface area contributed by atoms with Gasteiger partial charge in [0, 0.05) is 12.6 Å². The molecule has 1 unspecified atom stereocenters. The van der Waals surface area contributed by atoms with E-state index in [2.05, 4.69) is 16.7 Å². The second-order valence-electron chi connectivity index (χ2n) is 2.08. The van der Waals surface area contributed by atoms with Crippen LogP contribution in [0.5, 0.6) is 0 Å². The van der Waals surface area contributed by atoms with Crippen molar-refractivity contribution in [2.75, 3.05) is 6.54 Å². The van der Waals surface area contributed by atoms with E-state index in [1.165, 1.54) is 12.2 Å². The predicted molar refractivity (Wildman–Crippen MR) is 27.6 cm³/mol. The third-order valence-electron chi connectivity index (χ3n) is 1.51. The van der Waals surface area contributed by atoms with Crippen LogP contribution in [0.3, 0.4) is 0 Å². The zero-order valence-electron chi connectivity index (χ0n) is 4.07. The van der Waals surface area contributed by atoms with Crippen LogP contribution in [-0.2, 0) is 0 Å². The Morgan fingerprint density at radius 1 is 1.71 bits per heavy atom. The molecular weight excluding hydrogens is 88.1 g/mol. The molecule has 0 saturated carbocycles. The molecule has 7 heavy (non-hydrogen) atoms. The van der Waals surface area contributed by atoms with Gasteiger partial charge in [-0.15, -0.1) is 0 Å². The van der Waals surface area contributed by atoms with E-state index in [0.29, 0.717) is 0 Å². The van der Waals surface area contributed by atoms with Crippen LogP contribution in [0.4, 0.5) is 0 Å². The van der Waals surface area contributed by atoms with Gasteiger partial charge in [-0.2, -0.15) is 0 Å². The van der Waals surface area contributed by atoms with Crippen LogP contribution in [0, 0.1) is 0 Å². The first-order valence-corrected chi connectivity index (χ1v) is 2.66. The molecule has 0 aromatic heterocycles. The highest BCUT2D eigenvalue weighted by molar-refractivity contribution is 5.14. The van der Waals surface area contributed by atoms with E-state index in [4.69, 9.17) is 0 Å². The van der Waals surface area contributed by atoms with Gasteiger partial charge < -0.3 is 10.6 Å². The van der Waals surface area contributed by atoms with Crippen molar-refractivity contribution in [1.29, 1.82) is 0 Å². The van der Waals surface area contributed by atoms with Crippen LogP contribution in [-0.4, -0.2) is 12.6 Å². The summed E-state index contributed by atoms with van der Waals surface area (Å²) < 4.78 is 0. The summed E-state index contributed by atoms with van der Waals surface area (Å²) in [6, 6.07) is 0.718. The number of hydrogen-bond donors (Lipinski definition) is 2. The minimum absolute atomic E-state index is 0.718. The van der Waals surface area contributed by atoms with Gasteiger partial charge in [-0.25, -0.2) is 0 Å². The molecule has 2 aliphatic heterocycles. The zero-order chi connectivity index (χ0) is 4.69. The summed E-state index contributed by atoms with van der Waals surface area (Å²) in [6.45, 7) is 1.13. The Morgan fingerprint density at radius 3 is 2.86 bits per heavy atom. The molecule has 2 bridgehead atoms. The van der Waals surface area contributed by atoms with E-state index in [1.54, 1.807) is 0 Å². The molecule has 0 aromatic carbocycles. The first-order valence-electron chi connectivity index (χ1n) is 2.66. The summed E-state index contributed by atoms with van der Waals surface area (Å²) >= 11 is 0. The van der Waals surface area contributed by atoms with Crippen molar-refractivity contribution in [3.05, 3.63) is 11.9 Å². The van der Waals surface area contributed by atoms with Crippen LogP contribution in [0.15, 0.2) is 11.9 Å². The summed E-state index contributed by atoms with van der Waals surface area (Å²) in [4.78, 5) is 0. The van der Waals surface area contributed by atoms with Crippen LogP contribution in [0.1, 0.15) is 6.42 Å². The monoisotopic (exact) mass is 96.1 g/mol. The Kier molecular flexibility index (Phi) is 0.451. The van der Waals surface area contributed by atoms with Gasteiger partial charge in [0.05, 0.1) is 5.82 Å². The van der Waals surface area contributed by atoms with Gasteiger partial charge in [0.25, 0.3) is 0 Å². The lowest BCUT2D eigenvalue weighted by molar-refractivity contribution is 0.676. The maximum absolute atomic E-state index is 3.28. The minimum Gasteiger partial charge on any atom is -0.370 e. The summed E-state index contributed by atoms with van der Waals surface area (Å²) in [7, 11) is 0. The van der Waals surface area contributed by atoms with Crippen LogP contribution < -0.4 is 10.6 Å². The first kappa shape index (κ1) is 3.36. The molecule has 2 aliphatic rings. The Morgan fingerprint density at radius 2 is 2.71 bits per heavy atom. The molecular formula is C5H8N2. The molecule has 1 saturated heterocycles. The Bertz CT molecular complexity index is 117. The normalized spacial score (nSPS) is 34.3. The van der Waals surface area contributed by atoms with Crippen molar-refractivity contribution in [3.63, 3.8) is 0 Å². The topological polar surface area (TPSA) is 24.1 Å². The van der Waals surface area contributed by atoms with E-state index in [0.717, 1.165) is 12.6 Å². The van der Waals surface area contributed by atoms with Gasteiger partial charge in [0.2, 0.25) is 0 Å². The molecule has 2 nitrogen and oxygen atoms in total. The highest BCUT2D eigenvalue weighted by Crippen LogP contribution is 2.11. The lowest BCUT2D eigenvalue weighted by Gasteiger charge is -1.99. The van der Waals surface area contributed by atoms with Crippen LogP contribution >= 0.6 is 0 Å². The molecule has 0 spiro atoms. The van der Waals surface area contributed by atoms with Crippen molar-refractivity contribution < 1.29 is 0 Å². The molecule has 0 aliphatic carbocycles. The Balaban J connectivity index is 2.30. The fraction of sp³-hybridized carbons (Fsp3) is 0.600. The number of nitrogens with one attached hydrogen (secondary N) is 2. The van der Waals surface area contributed by atoms with Gasteiger partial charge in [-0.3, -0.25) is 0 Å². The standard InChI is InChI=1S/C5H8N2/c1-2-5-6-3-4(1)7-5/h2,4,6-7H,1,3H2. The Labute approximate surface area is 42.6 Å². The summed E-state index contributed by atoms with van der Waals surface area (Å²) in [5.74, 6) is 1.24. The minimum atomic E-state index is 0.718. The molecule has 1 fully saturated rings. The van der Waals surface area contributed by atoms with E-state index in [9.17, 15) is 0 Å². The lowest BCUT2D eigenvalue weighted by atomic mass is 10.2. The number of hydrogen-bond acceptors (Lipinski definition) is 2. The Hall–Kier alpha value is -0.660. The van der Waals surface area contributed by atoms with Crippen LogP contribution in [0.25, 0.3) is 0 Å². The maximum atomic E-state index is 3.28. The third kappa shape index (κ3) is 0.335. The van der Waals surface area contributed by atoms with Gasteiger partial charge in [0.1, 0.15) is 0 Å². The van der Waals surface area contributed by atoms with Gasteiger partial charge in [-0.1, -0.05) is 0 Å². The average molecular weight is 96.1 g/mol. The number of fused-ring (bicyclic) bond motifs is 2. The molecule has 2 N–H and O–H groups in total. The van der Waals surface area contributed by atoms with Gasteiger partial charge >= 0.3 is 0 Å². The van der Waals surface area contributed by atoms with E-state index in [1.807, 2.05) is 0 Å². The molecule has 0 amide bonds. The highest BCUT2D eigenvalue weighted by Gasteiger charge is 2.21. The lowest BCUT2D eigenvalue weighted by Crippen LogP contribution is -2.18. The van der Waals surface area contributed by atoms with E-state index < -0.39 is 0 Å². The summed E-state index contributed by atoms with van der Waals surface area (Å²) in [5, 5.41) is 6.48. The van der Waals surface area contributed by atoms with Crippen molar-refractivity contribution in [3.8, 4) is 0 Å². The molecule has 2 heteroatoms. The zero-order valence-corrected chi connectivity index (χ0v) is 4.07. The smallest absolute Gasteiger partial charge is 0.0949 e. The summed E-state index contributed by atoms with van der Waals surface area (Å²) in [6.07, 6.45) is 3.43. The highest BCUT2D eigenvalue weighted by atomic mass is 15.2.